The Morgan fingerprint density at radius 3 is 2.74 bits per heavy atom. The van der Waals surface area contributed by atoms with Crippen molar-refractivity contribution in [2.75, 3.05) is 11.7 Å². The molecule has 3 heterocycles. The van der Waals surface area contributed by atoms with Gasteiger partial charge in [-0.15, -0.1) is 6.42 Å². The van der Waals surface area contributed by atoms with Crippen LogP contribution >= 0.6 is 0 Å². The number of fused-ring (bicyclic) bond motifs is 2. The fraction of sp³-hybridized carbons (Fsp3) is 0.0870. The van der Waals surface area contributed by atoms with Gasteiger partial charge in [-0.05, 0) is 24.3 Å². The summed E-state index contributed by atoms with van der Waals surface area (Å²) in [6, 6.07) is 11.4. The largest absolute Gasteiger partial charge is 0.454 e. The molecule has 8 heteroatoms. The first-order chi connectivity index (χ1) is 15.1. The van der Waals surface area contributed by atoms with E-state index < -0.39 is 17.8 Å². The number of anilines is 1. The fourth-order valence-corrected chi connectivity index (χ4v) is 3.69. The number of para-hydroxylation sites is 1. The maximum absolute atomic E-state index is 13.2. The molecule has 0 spiro atoms. The van der Waals surface area contributed by atoms with Crippen molar-refractivity contribution in [3.63, 3.8) is 0 Å². The lowest BCUT2D eigenvalue weighted by atomic mass is 10.1. The van der Waals surface area contributed by atoms with Crippen LogP contribution < -0.4 is 19.7 Å². The smallest absolute Gasteiger partial charge is 0.335 e. The second-order valence-corrected chi connectivity index (χ2v) is 6.93. The zero-order valence-corrected chi connectivity index (χ0v) is 16.1. The molecule has 4 amide bonds. The van der Waals surface area contributed by atoms with Crippen molar-refractivity contribution < 1.29 is 23.9 Å². The van der Waals surface area contributed by atoms with Gasteiger partial charge in [0.1, 0.15) is 5.57 Å². The number of urea groups is 1. The van der Waals surface area contributed by atoms with Gasteiger partial charge in [0, 0.05) is 28.7 Å². The van der Waals surface area contributed by atoms with Gasteiger partial charge in [0.25, 0.3) is 11.8 Å². The number of aromatic nitrogens is 1. The third-order valence-corrected chi connectivity index (χ3v) is 5.10. The minimum atomic E-state index is -0.833. The summed E-state index contributed by atoms with van der Waals surface area (Å²) in [6.45, 7) is 0.399. The number of amides is 4. The molecule has 1 aromatic heterocycles. The van der Waals surface area contributed by atoms with Crippen LogP contribution in [0.3, 0.4) is 0 Å². The van der Waals surface area contributed by atoms with E-state index in [0.29, 0.717) is 23.6 Å². The van der Waals surface area contributed by atoms with E-state index in [4.69, 9.17) is 15.9 Å². The summed E-state index contributed by atoms with van der Waals surface area (Å²) >= 11 is 0. The van der Waals surface area contributed by atoms with Crippen LogP contribution in [0.15, 0.2) is 54.2 Å². The highest BCUT2D eigenvalue weighted by Gasteiger charge is 2.37. The molecule has 0 saturated carbocycles. The summed E-state index contributed by atoms with van der Waals surface area (Å²) < 4.78 is 12.4. The molecule has 0 atom stereocenters. The lowest BCUT2D eigenvalue weighted by molar-refractivity contribution is -0.122. The Hall–Kier alpha value is -4.51. The quantitative estimate of drug-likeness (QED) is 0.405. The molecule has 3 aromatic rings. The number of hydrogen-bond donors (Lipinski definition) is 1. The van der Waals surface area contributed by atoms with E-state index in [0.717, 1.165) is 15.8 Å². The van der Waals surface area contributed by atoms with E-state index in [-0.39, 0.29) is 18.1 Å². The van der Waals surface area contributed by atoms with Gasteiger partial charge < -0.3 is 14.0 Å². The van der Waals surface area contributed by atoms with Crippen LogP contribution in [0.5, 0.6) is 11.5 Å². The lowest BCUT2D eigenvalue weighted by Gasteiger charge is -2.26. The molecule has 5 rings (SSSR count). The Labute approximate surface area is 176 Å². The van der Waals surface area contributed by atoms with E-state index in [1.165, 1.54) is 12.1 Å². The van der Waals surface area contributed by atoms with Gasteiger partial charge in [0.2, 0.25) is 6.79 Å². The third kappa shape index (κ3) is 3.00. The molecule has 2 aromatic carbocycles. The van der Waals surface area contributed by atoms with Gasteiger partial charge >= 0.3 is 6.03 Å². The summed E-state index contributed by atoms with van der Waals surface area (Å²) in [6.07, 6.45) is 8.71. The van der Waals surface area contributed by atoms with Gasteiger partial charge in [-0.2, -0.15) is 0 Å². The van der Waals surface area contributed by atoms with E-state index in [1.54, 1.807) is 18.3 Å². The van der Waals surface area contributed by atoms with Gasteiger partial charge in [-0.3, -0.25) is 14.9 Å². The Kier molecular flexibility index (Phi) is 4.22. The predicted molar refractivity (Wildman–Crippen MR) is 112 cm³/mol. The number of ether oxygens (including phenoxy) is 2. The van der Waals surface area contributed by atoms with Gasteiger partial charge in [-0.25, -0.2) is 9.69 Å². The van der Waals surface area contributed by atoms with Crippen molar-refractivity contribution in [2.24, 2.45) is 0 Å². The predicted octanol–water partition coefficient (Wildman–Crippen LogP) is 2.67. The van der Waals surface area contributed by atoms with Crippen molar-refractivity contribution >= 4 is 40.5 Å². The number of imide groups is 2. The van der Waals surface area contributed by atoms with Crippen LogP contribution in [0.4, 0.5) is 10.5 Å². The number of nitrogens with zero attached hydrogens (tertiary/aromatic N) is 2. The molecular formula is C23H15N3O5. The molecule has 1 saturated heterocycles. The van der Waals surface area contributed by atoms with Crippen LogP contribution in [0.25, 0.3) is 17.0 Å². The number of rotatable bonds is 3. The number of hydrogen-bond acceptors (Lipinski definition) is 5. The zero-order chi connectivity index (χ0) is 21.5. The molecule has 0 aliphatic carbocycles. The maximum Gasteiger partial charge on any atom is 0.335 e. The van der Waals surface area contributed by atoms with Gasteiger partial charge in [0.15, 0.2) is 11.5 Å². The molecule has 31 heavy (non-hydrogen) atoms. The van der Waals surface area contributed by atoms with Crippen molar-refractivity contribution in [3.05, 3.63) is 59.8 Å². The van der Waals surface area contributed by atoms with Crippen LogP contribution in [0.2, 0.25) is 0 Å². The van der Waals surface area contributed by atoms with Crippen LogP contribution in [0, 0.1) is 12.3 Å². The number of benzene rings is 2. The monoisotopic (exact) mass is 413 g/mol. The van der Waals surface area contributed by atoms with Crippen LogP contribution in [-0.4, -0.2) is 29.2 Å². The van der Waals surface area contributed by atoms with Crippen molar-refractivity contribution in [1.29, 1.82) is 0 Å². The normalized spacial score (nSPS) is 16.7. The Balaban J connectivity index is 1.58. The average Bonchev–Trinajstić information content (AvgIpc) is 3.36. The minimum Gasteiger partial charge on any atom is -0.454 e. The van der Waals surface area contributed by atoms with Gasteiger partial charge in [-0.1, -0.05) is 24.1 Å². The molecule has 0 radical (unpaired) electrons. The van der Waals surface area contributed by atoms with Crippen molar-refractivity contribution in [2.45, 2.75) is 6.54 Å². The standard InChI is InChI=1S/C23H15N3O5/c1-2-9-25-12-14(16-5-3-4-6-18(16)25)10-17-21(27)24-23(29)26(22(17)28)15-7-8-19-20(11-15)31-13-30-19/h1,3-8,10-12H,9,13H2,(H,24,27,29)/b17-10+. The first kappa shape index (κ1) is 18.5. The van der Waals surface area contributed by atoms with Crippen LogP contribution in [0.1, 0.15) is 5.56 Å². The first-order valence-corrected chi connectivity index (χ1v) is 9.39. The molecule has 2 aliphatic rings. The number of carbonyl (C=O) groups is 3. The molecule has 0 unspecified atom stereocenters. The molecule has 8 nitrogen and oxygen atoms in total. The molecular weight excluding hydrogens is 398 g/mol. The second-order valence-electron chi connectivity index (χ2n) is 6.93. The molecule has 2 aliphatic heterocycles. The van der Waals surface area contributed by atoms with Gasteiger partial charge in [0.05, 0.1) is 12.2 Å². The Morgan fingerprint density at radius 2 is 1.90 bits per heavy atom. The van der Waals surface area contributed by atoms with Crippen molar-refractivity contribution in [1.82, 2.24) is 9.88 Å². The highest BCUT2D eigenvalue weighted by Crippen LogP contribution is 2.36. The highest BCUT2D eigenvalue weighted by atomic mass is 16.7. The molecule has 152 valence electrons. The summed E-state index contributed by atoms with van der Waals surface area (Å²) in [7, 11) is 0. The summed E-state index contributed by atoms with van der Waals surface area (Å²) in [5.74, 6) is 2.02. The number of barbiturate groups is 1. The number of carbonyl (C=O) groups excluding carboxylic acids is 3. The molecule has 1 fully saturated rings. The summed E-state index contributed by atoms with van der Waals surface area (Å²) in [4.78, 5) is 39.1. The SMILES string of the molecule is C#CCn1cc(/C=C2\C(=O)NC(=O)N(c3ccc4c(c3)OCO4)C2=O)c2ccccc21. The second kappa shape index (κ2) is 7.07. The molecule has 1 N–H and O–H groups in total. The van der Waals surface area contributed by atoms with Crippen LogP contribution in [-0.2, 0) is 16.1 Å². The Bertz CT molecular complexity index is 1340. The van der Waals surface area contributed by atoms with Crippen molar-refractivity contribution in [3.8, 4) is 23.8 Å². The zero-order valence-electron chi connectivity index (χ0n) is 16.1. The van der Waals surface area contributed by atoms with E-state index in [2.05, 4.69) is 11.2 Å². The Morgan fingerprint density at radius 1 is 1.10 bits per heavy atom. The fourth-order valence-electron chi connectivity index (χ4n) is 3.69. The van der Waals surface area contributed by atoms with E-state index in [9.17, 15) is 14.4 Å². The number of terminal acetylenes is 1. The number of nitrogens with one attached hydrogen (secondary N) is 1. The summed E-state index contributed by atoms with van der Waals surface area (Å²) in [5, 5.41) is 3.05. The topological polar surface area (TPSA) is 89.9 Å². The first-order valence-electron chi connectivity index (χ1n) is 9.39. The average molecular weight is 413 g/mol. The maximum atomic E-state index is 13.2. The highest BCUT2D eigenvalue weighted by molar-refractivity contribution is 6.39. The summed E-state index contributed by atoms with van der Waals surface area (Å²) in [5.41, 5.74) is 1.62. The third-order valence-electron chi connectivity index (χ3n) is 5.10. The lowest BCUT2D eigenvalue weighted by Crippen LogP contribution is -2.54. The molecule has 0 bridgehead atoms. The van der Waals surface area contributed by atoms with E-state index >= 15 is 0 Å². The van der Waals surface area contributed by atoms with E-state index in [1.807, 2.05) is 28.8 Å². The minimum absolute atomic E-state index is 0.0598.